The molecule has 0 atom stereocenters. The van der Waals surface area contributed by atoms with E-state index in [1.165, 1.54) is 0 Å². The van der Waals surface area contributed by atoms with Crippen LogP contribution in [0.25, 0.3) is 0 Å². The molecule has 124 valence electrons. The van der Waals surface area contributed by atoms with Crippen molar-refractivity contribution >= 4 is 0 Å². The first-order valence-electron chi connectivity index (χ1n) is 8.47. The van der Waals surface area contributed by atoms with Gasteiger partial charge in [-0.1, -0.05) is 91.0 Å². The van der Waals surface area contributed by atoms with Crippen molar-refractivity contribution in [1.82, 2.24) is 9.55 Å². The maximum atomic E-state index is 9.70. The number of hydrogen-bond donors (Lipinski definition) is 0. The van der Waals surface area contributed by atoms with Gasteiger partial charge in [0.05, 0.1) is 12.5 Å². The van der Waals surface area contributed by atoms with Gasteiger partial charge >= 0.3 is 0 Å². The van der Waals surface area contributed by atoms with Gasteiger partial charge in [-0.2, -0.15) is 5.26 Å². The Kier molecular flexibility index (Phi) is 4.09. The Morgan fingerprint density at radius 1 is 0.692 bits per heavy atom. The molecule has 0 amide bonds. The summed E-state index contributed by atoms with van der Waals surface area (Å²) in [7, 11) is 0. The summed E-state index contributed by atoms with van der Waals surface area (Å²) in [5.41, 5.74) is 3.07. The summed E-state index contributed by atoms with van der Waals surface area (Å²) in [6.45, 7) is 0. The number of rotatable bonds is 4. The minimum Gasteiger partial charge on any atom is -0.304 e. The summed E-state index contributed by atoms with van der Waals surface area (Å²) < 4.78 is 1.97. The smallest absolute Gasteiger partial charge is 0.141 e. The molecule has 0 radical (unpaired) electrons. The van der Waals surface area contributed by atoms with Crippen LogP contribution in [0.2, 0.25) is 0 Å². The molecule has 0 fully saturated rings. The van der Waals surface area contributed by atoms with Crippen molar-refractivity contribution in [2.75, 3.05) is 0 Å². The predicted molar refractivity (Wildman–Crippen MR) is 102 cm³/mol. The molecular formula is C23H17N3. The second kappa shape index (κ2) is 6.70. The highest BCUT2D eigenvalue weighted by atomic mass is 15.1. The molecule has 3 nitrogen and oxygen atoms in total. The highest BCUT2D eigenvalue weighted by Gasteiger charge is 2.39. The number of nitriles is 1. The van der Waals surface area contributed by atoms with E-state index in [-0.39, 0.29) is 0 Å². The van der Waals surface area contributed by atoms with Crippen LogP contribution in [0.1, 0.15) is 22.4 Å². The molecule has 0 saturated heterocycles. The van der Waals surface area contributed by atoms with Crippen LogP contribution in [-0.2, 0) is 5.54 Å². The first-order chi connectivity index (χ1) is 12.9. The molecule has 4 aromatic rings. The normalized spacial score (nSPS) is 11.0. The maximum absolute atomic E-state index is 9.70. The van der Waals surface area contributed by atoms with E-state index in [1.54, 1.807) is 12.5 Å². The molecule has 0 aliphatic carbocycles. The van der Waals surface area contributed by atoms with Gasteiger partial charge in [0.1, 0.15) is 17.3 Å². The summed E-state index contributed by atoms with van der Waals surface area (Å²) in [5.74, 6) is 0. The summed E-state index contributed by atoms with van der Waals surface area (Å²) >= 11 is 0. The van der Waals surface area contributed by atoms with Crippen molar-refractivity contribution in [2.24, 2.45) is 0 Å². The minimum atomic E-state index is -0.675. The Morgan fingerprint density at radius 3 is 1.50 bits per heavy atom. The lowest BCUT2D eigenvalue weighted by Gasteiger charge is -2.37. The monoisotopic (exact) mass is 335 g/mol. The van der Waals surface area contributed by atoms with Crippen LogP contribution in [0.4, 0.5) is 0 Å². The molecule has 0 aliphatic heterocycles. The summed E-state index contributed by atoms with van der Waals surface area (Å²) in [5, 5.41) is 9.70. The molecule has 1 aromatic heterocycles. The zero-order valence-electron chi connectivity index (χ0n) is 14.2. The average molecular weight is 335 g/mol. The Morgan fingerprint density at radius 2 is 1.12 bits per heavy atom. The number of hydrogen-bond acceptors (Lipinski definition) is 2. The van der Waals surface area contributed by atoms with Gasteiger partial charge in [-0.25, -0.2) is 4.98 Å². The third-order valence-corrected chi connectivity index (χ3v) is 4.69. The van der Waals surface area contributed by atoms with Crippen LogP contribution in [0.15, 0.2) is 104 Å². The van der Waals surface area contributed by atoms with Crippen molar-refractivity contribution in [3.63, 3.8) is 0 Å². The second-order valence-corrected chi connectivity index (χ2v) is 6.07. The Hall–Kier alpha value is -3.64. The standard InChI is InChI=1S/C23H17N3/c24-16-22-17-25-18-26(22)23(19-10-4-1-5-11-19,20-12-6-2-7-13-20)21-14-8-3-9-15-21/h1-15,17-18H. The van der Waals surface area contributed by atoms with Crippen molar-refractivity contribution in [3.05, 3.63) is 126 Å². The van der Waals surface area contributed by atoms with Gasteiger partial charge in [0.2, 0.25) is 0 Å². The van der Waals surface area contributed by atoms with E-state index in [0.29, 0.717) is 5.69 Å². The molecule has 3 aromatic carbocycles. The minimum absolute atomic E-state index is 0.515. The lowest BCUT2D eigenvalue weighted by atomic mass is 9.76. The van der Waals surface area contributed by atoms with Crippen LogP contribution >= 0.6 is 0 Å². The number of aromatic nitrogens is 2. The van der Waals surface area contributed by atoms with Crippen LogP contribution < -0.4 is 0 Å². The van der Waals surface area contributed by atoms with E-state index >= 15 is 0 Å². The average Bonchev–Trinajstić information content (AvgIpc) is 3.20. The zero-order valence-corrected chi connectivity index (χ0v) is 14.2. The van der Waals surface area contributed by atoms with Gasteiger partial charge in [0, 0.05) is 0 Å². The molecule has 0 bridgehead atoms. The van der Waals surface area contributed by atoms with Crippen LogP contribution in [0.5, 0.6) is 0 Å². The molecule has 0 spiro atoms. The summed E-state index contributed by atoms with van der Waals surface area (Å²) in [6, 6.07) is 33.1. The molecule has 3 heteroatoms. The third-order valence-electron chi connectivity index (χ3n) is 4.69. The predicted octanol–water partition coefficient (Wildman–Crippen LogP) is 4.59. The fourth-order valence-electron chi connectivity index (χ4n) is 3.60. The summed E-state index contributed by atoms with van der Waals surface area (Å²) in [4.78, 5) is 4.28. The van der Waals surface area contributed by atoms with Gasteiger partial charge in [-0.3, -0.25) is 0 Å². The maximum Gasteiger partial charge on any atom is 0.141 e. The molecule has 0 N–H and O–H groups in total. The largest absolute Gasteiger partial charge is 0.304 e. The van der Waals surface area contributed by atoms with Gasteiger partial charge in [-0.15, -0.1) is 0 Å². The topological polar surface area (TPSA) is 41.6 Å². The lowest BCUT2D eigenvalue weighted by molar-refractivity contribution is 0.510. The van der Waals surface area contributed by atoms with Gasteiger partial charge < -0.3 is 4.57 Å². The molecule has 4 rings (SSSR count). The van der Waals surface area contributed by atoms with E-state index in [4.69, 9.17) is 0 Å². The SMILES string of the molecule is N#Cc1cncn1C(c1ccccc1)(c1ccccc1)c1ccccc1. The highest BCUT2D eigenvalue weighted by Crippen LogP contribution is 2.41. The van der Waals surface area contributed by atoms with E-state index in [0.717, 1.165) is 16.7 Å². The van der Waals surface area contributed by atoms with Gasteiger partial charge in [0.15, 0.2) is 0 Å². The van der Waals surface area contributed by atoms with E-state index in [2.05, 4.69) is 47.5 Å². The first kappa shape index (κ1) is 15.9. The quantitative estimate of drug-likeness (QED) is 0.512. The van der Waals surface area contributed by atoms with Gasteiger partial charge in [-0.05, 0) is 16.7 Å². The Bertz CT molecular complexity index is 932. The van der Waals surface area contributed by atoms with Crippen molar-refractivity contribution in [3.8, 4) is 6.07 Å². The van der Waals surface area contributed by atoms with E-state index in [1.807, 2.05) is 59.2 Å². The van der Waals surface area contributed by atoms with E-state index < -0.39 is 5.54 Å². The Labute approximate surface area is 152 Å². The van der Waals surface area contributed by atoms with E-state index in [9.17, 15) is 5.26 Å². The van der Waals surface area contributed by atoms with Crippen LogP contribution in [0, 0.1) is 11.3 Å². The summed E-state index contributed by atoms with van der Waals surface area (Å²) in [6.07, 6.45) is 3.36. The number of imidazole rings is 1. The van der Waals surface area contributed by atoms with Gasteiger partial charge in [0.25, 0.3) is 0 Å². The third kappa shape index (κ3) is 2.40. The van der Waals surface area contributed by atoms with Crippen LogP contribution in [0.3, 0.4) is 0 Å². The van der Waals surface area contributed by atoms with Crippen molar-refractivity contribution in [1.29, 1.82) is 5.26 Å². The fourth-order valence-corrected chi connectivity index (χ4v) is 3.60. The molecule has 0 saturated carbocycles. The molecule has 1 heterocycles. The second-order valence-electron chi connectivity index (χ2n) is 6.07. The zero-order chi connectivity index (χ0) is 17.8. The Balaban J connectivity index is 2.17. The molecular weight excluding hydrogens is 318 g/mol. The van der Waals surface area contributed by atoms with Crippen molar-refractivity contribution in [2.45, 2.75) is 5.54 Å². The van der Waals surface area contributed by atoms with Crippen LogP contribution in [-0.4, -0.2) is 9.55 Å². The molecule has 26 heavy (non-hydrogen) atoms. The number of benzene rings is 3. The number of nitrogens with zero attached hydrogens (tertiary/aromatic N) is 3. The lowest BCUT2D eigenvalue weighted by Crippen LogP contribution is -2.38. The molecule has 0 aliphatic rings. The van der Waals surface area contributed by atoms with Crippen molar-refractivity contribution < 1.29 is 0 Å². The molecule has 0 unspecified atom stereocenters. The highest BCUT2D eigenvalue weighted by molar-refractivity contribution is 5.51. The first-order valence-corrected chi connectivity index (χ1v) is 8.47. The fraction of sp³-hybridized carbons (Fsp3) is 0.0435.